The summed E-state index contributed by atoms with van der Waals surface area (Å²) in [6, 6.07) is 1.14. The predicted molar refractivity (Wildman–Crippen MR) is 109 cm³/mol. The van der Waals surface area contributed by atoms with Crippen LogP contribution in [0.5, 0.6) is 0 Å². The van der Waals surface area contributed by atoms with E-state index in [0.29, 0.717) is 0 Å². The summed E-state index contributed by atoms with van der Waals surface area (Å²) in [6.07, 6.45) is 1.14. The van der Waals surface area contributed by atoms with Gasteiger partial charge in [-0.1, -0.05) is 21.6 Å². The van der Waals surface area contributed by atoms with Crippen LogP contribution in [0, 0.1) is 0 Å². The zero-order valence-electron chi connectivity index (χ0n) is 14.2. The molecule has 5 nitrogen and oxygen atoms in total. The van der Waals surface area contributed by atoms with Gasteiger partial charge in [0.1, 0.15) is 0 Å². The number of hydrogen-bond acceptors (Lipinski definition) is 7. The average Bonchev–Trinajstić information content (AvgIpc) is 2.91. The lowest BCUT2D eigenvalue weighted by Crippen LogP contribution is -2.38. The molecule has 2 amide bonds. The largest absolute Gasteiger partial charge is 0.395 e. The maximum absolute atomic E-state index is 11.4. The molecule has 136 valence electrons. The minimum absolute atomic E-state index is 0.0773. The zero-order chi connectivity index (χ0) is 17.0. The molecule has 1 aliphatic rings. The second kappa shape index (κ2) is 13.1. The van der Waals surface area contributed by atoms with Crippen LogP contribution in [0.25, 0.3) is 0 Å². The Kier molecular flexibility index (Phi) is 12.4. The fourth-order valence-corrected chi connectivity index (χ4v) is 10.9. The monoisotopic (exact) mass is 416 g/mol. The van der Waals surface area contributed by atoms with Crippen LogP contribution in [0.1, 0.15) is 20.3 Å². The molecule has 0 radical (unpaired) electrons. The van der Waals surface area contributed by atoms with Gasteiger partial charge in [0.05, 0.1) is 0 Å². The molecule has 1 saturated heterocycles. The van der Waals surface area contributed by atoms with Crippen molar-refractivity contribution < 1.29 is 13.6 Å². The minimum atomic E-state index is -1.93. The van der Waals surface area contributed by atoms with Crippen molar-refractivity contribution in [2.45, 2.75) is 32.9 Å². The molecule has 0 aromatic heterocycles. The van der Waals surface area contributed by atoms with Crippen LogP contribution >= 0.6 is 41.2 Å². The highest BCUT2D eigenvalue weighted by Crippen LogP contribution is 2.43. The molecule has 0 bridgehead atoms. The van der Waals surface area contributed by atoms with Crippen molar-refractivity contribution in [3.63, 3.8) is 0 Å². The van der Waals surface area contributed by atoms with E-state index in [0.717, 1.165) is 56.8 Å². The fraction of sp³-hybridized carbons (Fsp3) is 0.923. The molecule has 0 aromatic rings. The Labute approximate surface area is 156 Å². The second-order valence-electron chi connectivity index (χ2n) is 5.10. The Morgan fingerprint density at radius 1 is 1.17 bits per heavy atom. The summed E-state index contributed by atoms with van der Waals surface area (Å²) in [6.45, 7) is 10.2. The van der Waals surface area contributed by atoms with Gasteiger partial charge in [0.25, 0.3) is 0 Å². The zero-order valence-corrected chi connectivity index (χ0v) is 18.4. The summed E-state index contributed by atoms with van der Waals surface area (Å²) in [5, 5.41) is 2.82. The van der Waals surface area contributed by atoms with E-state index >= 15 is 0 Å². The van der Waals surface area contributed by atoms with Crippen molar-refractivity contribution >= 4 is 55.8 Å². The highest BCUT2D eigenvalue weighted by atomic mass is 33.7. The van der Waals surface area contributed by atoms with Crippen LogP contribution in [0.2, 0.25) is 12.6 Å². The third-order valence-corrected chi connectivity index (χ3v) is 12.9. The highest BCUT2D eigenvalue weighted by Gasteiger charge is 2.29. The number of urea groups is 1. The van der Waals surface area contributed by atoms with Crippen molar-refractivity contribution in [2.24, 2.45) is 0 Å². The summed E-state index contributed by atoms with van der Waals surface area (Å²) in [5.41, 5.74) is 0. The van der Waals surface area contributed by atoms with Crippen molar-refractivity contribution in [1.29, 1.82) is 0 Å². The van der Waals surface area contributed by atoms with Crippen LogP contribution in [-0.2, 0) is 8.85 Å². The number of rotatable bonds is 14. The molecular weight excluding hydrogens is 389 g/mol. The Morgan fingerprint density at radius 3 is 2.39 bits per heavy atom. The Morgan fingerprint density at radius 2 is 1.83 bits per heavy atom. The maximum Gasteiger partial charge on any atom is 0.334 e. The van der Waals surface area contributed by atoms with Gasteiger partial charge in [0.2, 0.25) is 0 Å². The molecular formula is C13H28N2O3S4Si. The van der Waals surface area contributed by atoms with Crippen molar-refractivity contribution in [2.75, 3.05) is 44.4 Å². The second-order valence-corrected chi connectivity index (χ2v) is 14.7. The Hall–Kier alpha value is 0.807. The molecule has 0 aromatic carbocycles. The lowest BCUT2D eigenvalue weighted by molar-refractivity contribution is 0.189. The number of nitrogens with one attached hydrogen (secondary N) is 1. The fourth-order valence-electron chi connectivity index (χ4n) is 2.23. The number of carbonyl (C=O) groups excluding carboxylic acids is 1. The van der Waals surface area contributed by atoms with Crippen LogP contribution in [0.15, 0.2) is 0 Å². The standard InChI is InChI=1S/C13H28N2O3S4Si/c1-4-17-23(3,18-5-2)12-6-10-19-21-22-20-11-9-15-8-7-14-13(15)16/h4-12H2,1-3H3,(H,14,16). The van der Waals surface area contributed by atoms with E-state index in [1.807, 2.05) is 50.2 Å². The molecule has 1 rings (SSSR count). The third kappa shape index (κ3) is 9.76. The normalized spacial score (nSPS) is 15.3. The van der Waals surface area contributed by atoms with E-state index in [9.17, 15) is 4.79 Å². The van der Waals surface area contributed by atoms with Gasteiger partial charge < -0.3 is 19.1 Å². The first-order valence-corrected chi connectivity index (χ1v) is 15.7. The SMILES string of the molecule is CCO[Si](C)(CCCSSSSCCN1CCNC1=O)OCC. The van der Waals surface area contributed by atoms with Crippen molar-refractivity contribution in [3.05, 3.63) is 0 Å². The molecule has 0 spiro atoms. The van der Waals surface area contributed by atoms with Gasteiger partial charge >= 0.3 is 14.6 Å². The van der Waals surface area contributed by atoms with Crippen LogP contribution in [-0.4, -0.2) is 63.8 Å². The average molecular weight is 417 g/mol. The van der Waals surface area contributed by atoms with Gasteiger partial charge in [-0.15, -0.1) is 0 Å². The van der Waals surface area contributed by atoms with Crippen LogP contribution in [0.3, 0.4) is 0 Å². The number of carbonyl (C=O) groups is 1. The molecule has 0 unspecified atom stereocenters. The highest BCUT2D eigenvalue weighted by molar-refractivity contribution is 9.26. The lowest BCUT2D eigenvalue weighted by atomic mass is 10.6. The molecule has 23 heavy (non-hydrogen) atoms. The molecule has 1 fully saturated rings. The topological polar surface area (TPSA) is 50.8 Å². The van der Waals surface area contributed by atoms with E-state index in [1.54, 1.807) is 9.83 Å². The number of nitrogens with zero attached hydrogens (tertiary/aromatic N) is 1. The summed E-state index contributed by atoms with van der Waals surface area (Å²) >= 11 is 0. The van der Waals surface area contributed by atoms with Gasteiger partial charge in [-0.3, -0.25) is 0 Å². The van der Waals surface area contributed by atoms with E-state index in [1.165, 1.54) is 0 Å². The van der Waals surface area contributed by atoms with E-state index in [-0.39, 0.29) is 6.03 Å². The van der Waals surface area contributed by atoms with E-state index in [4.69, 9.17) is 8.85 Å². The predicted octanol–water partition coefficient (Wildman–Crippen LogP) is 4.22. The van der Waals surface area contributed by atoms with Gasteiger partial charge in [-0.05, 0) is 52.5 Å². The van der Waals surface area contributed by atoms with Gasteiger partial charge in [-0.25, -0.2) is 4.79 Å². The summed E-state index contributed by atoms with van der Waals surface area (Å²) in [7, 11) is 5.41. The minimum Gasteiger partial charge on any atom is -0.395 e. The molecule has 10 heteroatoms. The molecule has 1 heterocycles. The maximum atomic E-state index is 11.4. The molecule has 1 aliphatic heterocycles. The quantitative estimate of drug-likeness (QED) is 0.258. The van der Waals surface area contributed by atoms with E-state index < -0.39 is 8.56 Å². The van der Waals surface area contributed by atoms with Crippen molar-refractivity contribution in [3.8, 4) is 0 Å². The summed E-state index contributed by atoms with van der Waals surface area (Å²) in [5.74, 6) is 2.10. The van der Waals surface area contributed by atoms with Gasteiger partial charge in [0.15, 0.2) is 0 Å². The summed E-state index contributed by atoms with van der Waals surface area (Å²) < 4.78 is 11.7. The molecule has 0 atom stereocenters. The van der Waals surface area contributed by atoms with Gasteiger partial charge in [0, 0.05) is 44.4 Å². The number of hydrogen-bond donors (Lipinski definition) is 1. The van der Waals surface area contributed by atoms with E-state index in [2.05, 4.69) is 11.9 Å². The summed E-state index contributed by atoms with van der Waals surface area (Å²) in [4.78, 5) is 13.2. The first-order chi connectivity index (χ1) is 11.1. The number of amides is 2. The van der Waals surface area contributed by atoms with Crippen molar-refractivity contribution in [1.82, 2.24) is 10.2 Å². The third-order valence-electron chi connectivity index (χ3n) is 3.27. The Bertz CT molecular complexity index is 336. The smallest absolute Gasteiger partial charge is 0.334 e. The molecule has 0 saturated carbocycles. The first kappa shape index (κ1) is 21.8. The lowest BCUT2D eigenvalue weighted by Gasteiger charge is -2.25. The van der Waals surface area contributed by atoms with Gasteiger partial charge in [-0.2, -0.15) is 0 Å². The molecule has 1 N–H and O–H groups in total. The van der Waals surface area contributed by atoms with Crippen LogP contribution < -0.4 is 5.32 Å². The Balaban J connectivity index is 1.93. The first-order valence-electron chi connectivity index (χ1n) is 7.99. The van der Waals surface area contributed by atoms with Crippen LogP contribution in [0.4, 0.5) is 4.79 Å². The molecule has 0 aliphatic carbocycles.